The average Bonchev–Trinajstić information content (AvgIpc) is 2.04. The zero-order chi connectivity index (χ0) is 8.27. The minimum atomic E-state index is 0.171. The Kier molecular flexibility index (Phi) is 2.88. The van der Waals surface area contributed by atoms with Crippen LogP contribution in [-0.2, 0) is 4.79 Å². The summed E-state index contributed by atoms with van der Waals surface area (Å²) in [7, 11) is 1.70. The highest BCUT2D eigenvalue weighted by molar-refractivity contribution is 5.78. The summed E-state index contributed by atoms with van der Waals surface area (Å²) in [4.78, 5) is 11.2. The number of hydrogen-bond donors (Lipinski definition) is 2. The summed E-state index contributed by atoms with van der Waals surface area (Å²) < 4.78 is 0. The second kappa shape index (κ2) is 3.72. The topological polar surface area (TPSA) is 41.1 Å². The van der Waals surface area contributed by atoms with Crippen LogP contribution in [0, 0.1) is 11.8 Å². The first-order valence-electron chi connectivity index (χ1n) is 4.18. The van der Waals surface area contributed by atoms with Gasteiger partial charge in [-0.15, -0.1) is 0 Å². The lowest BCUT2D eigenvalue weighted by Crippen LogP contribution is -2.43. The fourth-order valence-corrected chi connectivity index (χ4v) is 1.53. The second-order valence-electron chi connectivity index (χ2n) is 3.19. The Bertz CT molecular complexity index is 147. The van der Waals surface area contributed by atoms with Gasteiger partial charge in [0.15, 0.2) is 0 Å². The van der Waals surface area contributed by atoms with Crippen molar-refractivity contribution in [3.8, 4) is 0 Å². The van der Waals surface area contributed by atoms with Crippen LogP contribution in [0.1, 0.15) is 13.3 Å². The van der Waals surface area contributed by atoms with Gasteiger partial charge in [-0.05, 0) is 18.9 Å². The molecule has 1 amide bonds. The first-order chi connectivity index (χ1) is 5.25. The van der Waals surface area contributed by atoms with Crippen LogP contribution in [0.2, 0.25) is 0 Å². The Balaban J connectivity index is 2.47. The predicted molar refractivity (Wildman–Crippen MR) is 44.2 cm³/mol. The van der Waals surface area contributed by atoms with Crippen molar-refractivity contribution in [2.45, 2.75) is 13.3 Å². The van der Waals surface area contributed by atoms with Crippen LogP contribution in [0.4, 0.5) is 0 Å². The molecule has 3 heteroatoms. The average molecular weight is 156 g/mol. The first kappa shape index (κ1) is 8.53. The van der Waals surface area contributed by atoms with Crippen molar-refractivity contribution in [1.29, 1.82) is 0 Å². The molecule has 1 fully saturated rings. The Morgan fingerprint density at radius 1 is 1.64 bits per heavy atom. The lowest BCUT2D eigenvalue weighted by molar-refractivity contribution is -0.126. The van der Waals surface area contributed by atoms with Crippen molar-refractivity contribution in [3.05, 3.63) is 0 Å². The molecule has 64 valence electrons. The molecular weight excluding hydrogens is 140 g/mol. The largest absolute Gasteiger partial charge is 0.359 e. The van der Waals surface area contributed by atoms with Crippen molar-refractivity contribution in [1.82, 2.24) is 10.6 Å². The van der Waals surface area contributed by atoms with E-state index in [0.717, 1.165) is 19.5 Å². The van der Waals surface area contributed by atoms with Gasteiger partial charge in [-0.1, -0.05) is 6.92 Å². The summed E-state index contributed by atoms with van der Waals surface area (Å²) in [6.45, 7) is 4.02. The molecule has 0 unspecified atom stereocenters. The maximum Gasteiger partial charge on any atom is 0.224 e. The van der Waals surface area contributed by atoms with Crippen molar-refractivity contribution in [2.24, 2.45) is 11.8 Å². The number of rotatable bonds is 1. The molecule has 1 saturated heterocycles. The van der Waals surface area contributed by atoms with E-state index in [1.165, 1.54) is 0 Å². The molecular formula is C8H16N2O. The molecule has 0 saturated carbocycles. The van der Waals surface area contributed by atoms with Crippen LogP contribution in [0.15, 0.2) is 0 Å². The summed E-state index contributed by atoms with van der Waals surface area (Å²) in [5.74, 6) is 0.870. The number of nitrogens with one attached hydrogen (secondary N) is 2. The van der Waals surface area contributed by atoms with E-state index >= 15 is 0 Å². The first-order valence-corrected chi connectivity index (χ1v) is 4.18. The molecule has 0 aromatic carbocycles. The summed E-state index contributed by atoms with van der Waals surface area (Å²) in [6, 6.07) is 0. The molecule has 0 aliphatic carbocycles. The third-order valence-electron chi connectivity index (χ3n) is 2.41. The molecule has 2 N–H and O–H groups in total. The molecule has 11 heavy (non-hydrogen) atoms. The van der Waals surface area contributed by atoms with Crippen LogP contribution < -0.4 is 10.6 Å². The summed E-state index contributed by atoms with van der Waals surface area (Å²) in [5.41, 5.74) is 0. The SMILES string of the molecule is CNC(=O)[C@@H]1CNCC[C@H]1C. The van der Waals surface area contributed by atoms with E-state index < -0.39 is 0 Å². The van der Waals surface area contributed by atoms with Crippen molar-refractivity contribution in [2.75, 3.05) is 20.1 Å². The fourth-order valence-electron chi connectivity index (χ4n) is 1.53. The molecule has 0 spiro atoms. The Labute approximate surface area is 67.5 Å². The highest BCUT2D eigenvalue weighted by Crippen LogP contribution is 2.17. The maximum absolute atomic E-state index is 11.2. The van der Waals surface area contributed by atoms with Gasteiger partial charge >= 0.3 is 0 Å². The van der Waals surface area contributed by atoms with Gasteiger partial charge in [-0.2, -0.15) is 0 Å². The number of piperidine rings is 1. The quantitative estimate of drug-likeness (QED) is 0.560. The highest BCUT2D eigenvalue weighted by Gasteiger charge is 2.26. The molecule has 0 aromatic rings. The van der Waals surface area contributed by atoms with Crippen LogP contribution in [0.25, 0.3) is 0 Å². The van der Waals surface area contributed by atoms with E-state index in [2.05, 4.69) is 17.6 Å². The van der Waals surface area contributed by atoms with E-state index in [1.54, 1.807) is 7.05 Å². The lowest BCUT2D eigenvalue weighted by atomic mass is 9.87. The summed E-state index contributed by atoms with van der Waals surface area (Å²) in [5, 5.41) is 5.91. The van der Waals surface area contributed by atoms with Gasteiger partial charge in [0, 0.05) is 13.6 Å². The lowest BCUT2D eigenvalue weighted by Gasteiger charge is -2.27. The van der Waals surface area contributed by atoms with Gasteiger partial charge in [-0.25, -0.2) is 0 Å². The van der Waals surface area contributed by atoms with E-state index in [4.69, 9.17) is 0 Å². The number of amides is 1. The number of carbonyl (C=O) groups is 1. The van der Waals surface area contributed by atoms with Gasteiger partial charge in [0.1, 0.15) is 0 Å². The monoisotopic (exact) mass is 156 g/mol. The molecule has 0 bridgehead atoms. The Hall–Kier alpha value is -0.570. The molecule has 1 aliphatic heterocycles. The van der Waals surface area contributed by atoms with Gasteiger partial charge in [0.2, 0.25) is 5.91 Å². The van der Waals surface area contributed by atoms with Crippen molar-refractivity contribution < 1.29 is 4.79 Å². The van der Waals surface area contributed by atoms with Gasteiger partial charge in [-0.3, -0.25) is 4.79 Å². The minimum absolute atomic E-state index is 0.171. The van der Waals surface area contributed by atoms with E-state index in [1.807, 2.05) is 0 Å². The number of hydrogen-bond acceptors (Lipinski definition) is 2. The summed E-state index contributed by atoms with van der Waals surface area (Å²) in [6.07, 6.45) is 1.11. The molecule has 2 atom stereocenters. The third-order valence-corrected chi connectivity index (χ3v) is 2.41. The molecule has 0 aromatic heterocycles. The Morgan fingerprint density at radius 3 is 2.91 bits per heavy atom. The van der Waals surface area contributed by atoms with Gasteiger partial charge < -0.3 is 10.6 Å². The molecule has 3 nitrogen and oxygen atoms in total. The zero-order valence-corrected chi connectivity index (χ0v) is 7.18. The smallest absolute Gasteiger partial charge is 0.224 e. The van der Waals surface area contributed by atoms with Crippen LogP contribution in [0.3, 0.4) is 0 Å². The Morgan fingerprint density at radius 2 is 2.36 bits per heavy atom. The number of carbonyl (C=O) groups excluding carboxylic acids is 1. The minimum Gasteiger partial charge on any atom is -0.359 e. The molecule has 1 aliphatic rings. The maximum atomic E-state index is 11.2. The van der Waals surface area contributed by atoms with E-state index in [0.29, 0.717) is 5.92 Å². The second-order valence-corrected chi connectivity index (χ2v) is 3.19. The van der Waals surface area contributed by atoms with Crippen LogP contribution >= 0.6 is 0 Å². The van der Waals surface area contributed by atoms with Crippen LogP contribution in [-0.4, -0.2) is 26.0 Å². The molecule has 1 rings (SSSR count). The molecule has 1 heterocycles. The van der Waals surface area contributed by atoms with E-state index in [-0.39, 0.29) is 11.8 Å². The standard InChI is InChI=1S/C8H16N2O/c1-6-3-4-10-5-7(6)8(11)9-2/h6-7,10H,3-5H2,1-2H3,(H,9,11)/t6-,7-/m1/s1. The zero-order valence-electron chi connectivity index (χ0n) is 7.18. The van der Waals surface area contributed by atoms with Gasteiger partial charge in [0.25, 0.3) is 0 Å². The van der Waals surface area contributed by atoms with Crippen molar-refractivity contribution >= 4 is 5.91 Å². The van der Waals surface area contributed by atoms with Crippen LogP contribution in [0.5, 0.6) is 0 Å². The van der Waals surface area contributed by atoms with Crippen molar-refractivity contribution in [3.63, 3.8) is 0 Å². The highest BCUT2D eigenvalue weighted by atomic mass is 16.1. The fraction of sp³-hybridized carbons (Fsp3) is 0.875. The molecule has 0 radical (unpaired) electrons. The third kappa shape index (κ3) is 1.93. The van der Waals surface area contributed by atoms with E-state index in [9.17, 15) is 4.79 Å². The summed E-state index contributed by atoms with van der Waals surface area (Å²) >= 11 is 0. The van der Waals surface area contributed by atoms with Gasteiger partial charge in [0.05, 0.1) is 5.92 Å². The predicted octanol–water partition coefficient (Wildman–Crippen LogP) is -0.0220. The normalized spacial score (nSPS) is 31.5.